The van der Waals surface area contributed by atoms with Crippen LogP contribution in [0.3, 0.4) is 0 Å². The number of rotatable bonds is 4. The van der Waals surface area contributed by atoms with Crippen LogP contribution in [0.2, 0.25) is 0 Å². The quantitative estimate of drug-likeness (QED) is 0.916. The summed E-state index contributed by atoms with van der Waals surface area (Å²) in [5.41, 5.74) is 2.07. The molecular formula is C17H19N3O3S. The average molecular weight is 345 g/mol. The van der Waals surface area contributed by atoms with Crippen molar-refractivity contribution in [3.63, 3.8) is 0 Å². The Bertz CT molecular complexity index is 870. The van der Waals surface area contributed by atoms with Crippen LogP contribution in [0, 0.1) is 0 Å². The topological polar surface area (TPSA) is 81.1 Å². The Labute approximate surface area is 140 Å². The van der Waals surface area contributed by atoms with Gasteiger partial charge in [-0.05, 0) is 30.9 Å². The molecule has 4 rings (SSSR count). The minimum atomic E-state index is -3.02. The molecule has 2 aliphatic rings. The highest BCUT2D eigenvalue weighted by atomic mass is 32.2. The van der Waals surface area contributed by atoms with Gasteiger partial charge in [0, 0.05) is 6.04 Å². The molecule has 6 nitrogen and oxygen atoms in total. The van der Waals surface area contributed by atoms with E-state index in [4.69, 9.17) is 0 Å². The van der Waals surface area contributed by atoms with Gasteiger partial charge >= 0.3 is 0 Å². The van der Waals surface area contributed by atoms with Crippen molar-refractivity contribution < 1.29 is 13.2 Å². The molecule has 0 unspecified atom stereocenters. The van der Waals surface area contributed by atoms with E-state index in [-0.39, 0.29) is 29.5 Å². The SMILES string of the molecule is O=C(NC1CC1)c1cc(-c2ccccc2)n([C@H]2CCS(=O)(=O)C2)n1. The molecule has 126 valence electrons. The van der Waals surface area contributed by atoms with Crippen LogP contribution >= 0.6 is 0 Å². The minimum Gasteiger partial charge on any atom is -0.348 e. The number of hydrogen-bond acceptors (Lipinski definition) is 4. The highest BCUT2D eigenvalue weighted by Gasteiger charge is 2.32. The van der Waals surface area contributed by atoms with Crippen LogP contribution in [0.25, 0.3) is 11.3 Å². The first kappa shape index (κ1) is 15.4. The van der Waals surface area contributed by atoms with Crippen LogP contribution < -0.4 is 5.32 Å². The maximum absolute atomic E-state index is 12.3. The summed E-state index contributed by atoms with van der Waals surface area (Å²) < 4.78 is 25.4. The van der Waals surface area contributed by atoms with Gasteiger partial charge < -0.3 is 5.32 Å². The molecule has 1 saturated carbocycles. The van der Waals surface area contributed by atoms with Crippen molar-refractivity contribution in [2.24, 2.45) is 0 Å². The van der Waals surface area contributed by atoms with E-state index in [1.165, 1.54) is 0 Å². The summed E-state index contributed by atoms with van der Waals surface area (Å²) in [5.74, 6) is 0.0717. The number of benzene rings is 1. The van der Waals surface area contributed by atoms with Gasteiger partial charge in [-0.3, -0.25) is 9.48 Å². The number of hydrogen-bond donors (Lipinski definition) is 1. The smallest absolute Gasteiger partial charge is 0.272 e. The van der Waals surface area contributed by atoms with E-state index in [1.54, 1.807) is 10.7 Å². The molecule has 0 bridgehead atoms. The second kappa shape index (κ2) is 5.73. The van der Waals surface area contributed by atoms with E-state index in [2.05, 4.69) is 10.4 Å². The van der Waals surface area contributed by atoms with Gasteiger partial charge in [0.05, 0.1) is 23.2 Å². The number of carbonyl (C=O) groups excluding carboxylic acids is 1. The molecule has 0 spiro atoms. The number of nitrogens with zero attached hydrogens (tertiary/aromatic N) is 2. The molecule has 24 heavy (non-hydrogen) atoms. The summed E-state index contributed by atoms with van der Waals surface area (Å²) in [5, 5.41) is 7.39. The van der Waals surface area contributed by atoms with Crippen molar-refractivity contribution in [2.45, 2.75) is 31.3 Å². The molecule has 1 atom stereocenters. The second-order valence-corrected chi connectivity index (χ2v) is 8.76. The van der Waals surface area contributed by atoms with Crippen molar-refractivity contribution in [2.75, 3.05) is 11.5 Å². The van der Waals surface area contributed by atoms with Crippen LogP contribution in [0.1, 0.15) is 35.8 Å². The lowest BCUT2D eigenvalue weighted by molar-refractivity contribution is 0.0945. The molecule has 1 aromatic carbocycles. The zero-order valence-corrected chi connectivity index (χ0v) is 14.0. The summed E-state index contributed by atoms with van der Waals surface area (Å²) in [6.07, 6.45) is 2.56. The lowest BCUT2D eigenvalue weighted by Gasteiger charge is -2.13. The van der Waals surface area contributed by atoms with E-state index < -0.39 is 9.84 Å². The first-order valence-corrected chi connectivity index (χ1v) is 10.0. The minimum absolute atomic E-state index is 0.0815. The molecule has 2 heterocycles. The monoisotopic (exact) mass is 345 g/mol. The fourth-order valence-electron chi connectivity index (χ4n) is 3.06. The zero-order chi connectivity index (χ0) is 16.7. The number of carbonyl (C=O) groups is 1. The van der Waals surface area contributed by atoms with Crippen molar-refractivity contribution >= 4 is 15.7 Å². The lowest BCUT2D eigenvalue weighted by atomic mass is 10.1. The van der Waals surface area contributed by atoms with Crippen LogP contribution in [-0.2, 0) is 9.84 Å². The molecule has 2 fully saturated rings. The summed E-state index contributed by atoms with van der Waals surface area (Å²) >= 11 is 0. The number of nitrogens with one attached hydrogen (secondary N) is 1. The van der Waals surface area contributed by atoms with Gasteiger partial charge in [0.25, 0.3) is 5.91 Å². The van der Waals surface area contributed by atoms with Gasteiger partial charge in [-0.1, -0.05) is 30.3 Å². The van der Waals surface area contributed by atoms with Crippen LogP contribution in [0.4, 0.5) is 0 Å². The normalized spacial score (nSPS) is 22.4. The lowest BCUT2D eigenvalue weighted by Crippen LogP contribution is -2.26. The Morgan fingerprint density at radius 2 is 1.92 bits per heavy atom. The van der Waals surface area contributed by atoms with E-state index in [1.807, 2.05) is 30.3 Å². The predicted octanol–water partition coefficient (Wildman–Crippen LogP) is 1.80. The standard InChI is InChI=1S/C17H19N3O3S/c21-17(18-13-6-7-13)15-10-16(12-4-2-1-3-5-12)20(19-15)14-8-9-24(22,23)11-14/h1-5,10,13-14H,6-9,11H2,(H,18,21)/t14-/m0/s1. The first-order valence-electron chi connectivity index (χ1n) is 8.18. The van der Waals surface area contributed by atoms with E-state index in [0.717, 1.165) is 24.1 Å². The first-order chi connectivity index (χ1) is 11.5. The zero-order valence-electron chi connectivity index (χ0n) is 13.2. The highest BCUT2D eigenvalue weighted by molar-refractivity contribution is 7.91. The fraction of sp³-hybridized carbons (Fsp3) is 0.412. The summed E-state index contributed by atoms with van der Waals surface area (Å²) in [6, 6.07) is 11.5. The molecule has 1 aliphatic heterocycles. The average Bonchev–Trinajstić information content (AvgIpc) is 3.14. The van der Waals surface area contributed by atoms with E-state index >= 15 is 0 Å². The third kappa shape index (κ3) is 3.08. The Morgan fingerprint density at radius 1 is 1.17 bits per heavy atom. The van der Waals surface area contributed by atoms with Gasteiger partial charge in [-0.25, -0.2) is 8.42 Å². The summed E-state index contributed by atoms with van der Waals surface area (Å²) in [7, 11) is -3.02. The fourth-order valence-corrected chi connectivity index (χ4v) is 4.76. The Hall–Kier alpha value is -2.15. The van der Waals surface area contributed by atoms with Gasteiger partial charge in [0.2, 0.25) is 0 Å². The van der Waals surface area contributed by atoms with Gasteiger partial charge in [0.15, 0.2) is 15.5 Å². The Balaban J connectivity index is 1.72. The molecule has 1 aliphatic carbocycles. The molecule has 1 aromatic heterocycles. The summed E-state index contributed by atoms with van der Waals surface area (Å²) in [4.78, 5) is 12.3. The second-order valence-electron chi connectivity index (χ2n) is 6.53. The molecular weight excluding hydrogens is 326 g/mol. The van der Waals surface area contributed by atoms with Crippen molar-refractivity contribution in [3.8, 4) is 11.3 Å². The molecule has 2 aromatic rings. The molecule has 1 amide bonds. The largest absolute Gasteiger partial charge is 0.348 e. The van der Waals surface area contributed by atoms with Crippen molar-refractivity contribution in [3.05, 3.63) is 42.1 Å². The highest BCUT2D eigenvalue weighted by Crippen LogP contribution is 2.30. The van der Waals surface area contributed by atoms with Gasteiger partial charge in [-0.2, -0.15) is 5.10 Å². The van der Waals surface area contributed by atoms with Crippen LogP contribution in [0.15, 0.2) is 36.4 Å². The maximum Gasteiger partial charge on any atom is 0.272 e. The van der Waals surface area contributed by atoms with E-state index in [0.29, 0.717) is 12.1 Å². The number of amides is 1. The number of sulfone groups is 1. The molecule has 7 heteroatoms. The maximum atomic E-state index is 12.3. The number of aromatic nitrogens is 2. The molecule has 0 radical (unpaired) electrons. The third-order valence-corrected chi connectivity index (χ3v) is 6.26. The van der Waals surface area contributed by atoms with Crippen molar-refractivity contribution in [1.82, 2.24) is 15.1 Å². The van der Waals surface area contributed by atoms with Crippen molar-refractivity contribution in [1.29, 1.82) is 0 Å². The Kier molecular flexibility index (Phi) is 3.68. The Morgan fingerprint density at radius 3 is 2.54 bits per heavy atom. The van der Waals surface area contributed by atoms with E-state index in [9.17, 15) is 13.2 Å². The van der Waals surface area contributed by atoms with Crippen LogP contribution in [-0.4, -0.2) is 41.7 Å². The molecule has 1 N–H and O–H groups in total. The van der Waals surface area contributed by atoms with Gasteiger partial charge in [0.1, 0.15) is 0 Å². The third-order valence-electron chi connectivity index (χ3n) is 4.50. The van der Waals surface area contributed by atoms with Gasteiger partial charge in [-0.15, -0.1) is 0 Å². The molecule has 1 saturated heterocycles. The van der Waals surface area contributed by atoms with Crippen LogP contribution in [0.5, 0.6) is 0 Å². The summed E-state index contributed by atoms with van der Waals surface area (Å²) in [6.45, 7) is 0. The predicted molar refractivity (Wildman–Crippen MR) is 90.5 cm³/mol.